The number of aryl methyl sites for hydroxylation is 1. The van der Waals surface area contributed by atoms with Crippen LogP contribution in [0.1, 0.15) is 44.7 Å². The molecule has 0 radical (unpaired) electrons. The predicted octanol–water partition coefficient (Wildman–Crippen LogP) is 3.07. The molecule has 1 aliphatic rings. The monoisotopic (exact) mass is 311 g/mol. The zero-order valence-corrected chi connectivity index (χ0v) is 14.6. The van der Waals surface area contributed by atoms with E-state index >= 15 is 0 Å². The van der Waals surface area contributed by atoms with E-state index in [1.54, 1.807) is 0 Å². The molecule has 2 rings (SSSR count). The molecule has 2 heterocycles. The van der Waals surface area contributed by atoms with Crippen LogP contribution in [0.2, 0.25) is 0 Å². The number of nitrogens with zero attached hydrogens (tertiary/aromatic N) is 2. The van der Waals surface area contributed by atoms with Crippen molar-refractivity contribution < 1.29 is 4.74 Å². The molecule has 1 fully saturated rings. The van der Waals surface area contributed by atoms with E-state index in [1.807, 2.05) is 11.3 Å². The molecule has 0 amide bonds. The third kappa shape index (κ3) is 4.41. The van der Waals surface area contributed by atoms with Crippen LogP contribution < -0.4 is 10.2 Å². The van der Waals surface area contributed by atoms with E-state index in [1.165, 1.54) is 15.7 Å². The van der Waals surface area contributed by atoms with Gasteiger partial charge in [-0.25, -0.2) is 4.98 Å². The molecule has 0 bridgehead atoms. The van der Waals surface area contributed by atoms with E-state index in [2.05, 4.69) is 37.9 Å². The number of anilines is 1. The Kier molecular flexibility index (Phi) is 6.45. The van der Waals surface area contributed by atoms with Crippen molar-refractivity contribution in [2.75, 3.05) is 31.2 Å². The van der Waals surface area contributed by atoms with Gasteiger partial charge in [0.15, 0.2) is 5.13 Å². The quantitative estimate of drug-likeness (QED) is 0.840. The molecule has 21 heavy (non-hydrogen) atoms. The summed E-state index contributed by atoms with van der Waals surface area (Å²) in [4.78, 5) is 8.74. The average Bonchev–Trinajstić information content (AvgIpc) is 2.90. The highest BCUT2D eigenvalue weighted by Gasteiger charge is 2.25. The summed E-state index contributed by atoms with van der Waals surface area (Å²) in [6.07, 6.45) is 2.12. The Balaban J connectivity index is 2.07. The van der Waals surface area contributed by atoms with Gasteiger partial charge >= 0.3 is 0 Å². The summed E-state index contributed by atoms with van der Waals surface area (Å²) >= 11 is 1.86. The molecule has 0 aromatic carbocycles. The van der Waals surface area contributed by atoms with Crippen molar-refractivity contribution in [1.29, 1.82) is 0 Å². The van der Waals surface area contributed by atoms with E-state index in [-0.39, 0.29) is 0 Å². The molecule has 4 nitrogen and oxygen atoms in total. The first-order chi connectivity index (χ1) is 10.2. The van der Waals surface area contributed by atoms with Gasteiger partial charge in [-0.1, -0.05) is 27.7 Å². The molecule has 1 unspecified atom stereocenters. The third-order valence-corrected chi connectivity index (χ3v) is 5.02. The van der Waals surface area contributed by atoms with Crippen LogP contribution in [0, 0.1) is 5.92 Å². The van der Waals surface area contributed by atoms with Gasteiger partial charge in [0, 0.05) is 18.0 Å². The Morgan fingerprint density at radius 1 is 1.43 bits per heavy atom. The summed E-state index contributed by atoms with van der Waals surface area (Å²) in [7, 11) is 0. The summed E-state index contributed by atoms with van der Waals surface area (Å²) in [6.45, 7) is 13.5. The smallest absolute Gasteiger partial charge is 0.186 e. The lowest BCUT2D eigenvalue weighted by Crippen LogP contribution is -2.45. The Labute approximate surface area is 132 Å². The molecule has 1 aromatic heterocycles. The molecule has 1 N–H and O–H groups in total. The Hall–Kier alpha value is -0.650. The number of nitrogens with one attached hydrogen (secondary N) is 1. The van der Waals surface area contributed by atoms with Gasteiger partial charge in [-0.3, -0.25) is 0 Å². The Bertz CT molecular complexity index is 433. The van der Waals surface area contributed by atoms with Gasteiger partial charge in [-0.05, 0) is 25.3 Å². The second-order valence-electron chi connectivity index (χ2n) is 6.07. The first-order valence-corrected chi connectivity index (χ1v) is 9.01. The van der Waals surface area contributed by atoms with Crippen LogP contribution in [-0.2, 0) is 17.7 Å². The SMILES string of the molecule is CCc1nc(N2CCOCC2CC)sc1CNCC(C)C. The molecule has 0 spiro atoms. The maximum absolute atomic E-state index is 5.60. The summed E-state index contributed by atoms with van der Waals surface area (Å²) in [5, 5.41) is 4.73. The van der Waals surface area contributed by atoms with Gasteiger partial charge in [-0.15, -0.1) is 11.3 Å². The van der Waals surface area contributed by atoms with Crippen molar-refractivity contribution in [3.05, 3.63) is 10.6 Å². The van der Waals surface area contributed by atoms with Crippen molar-refractivity contribution in [2.24, 2.45) is 5.92 Å². The fraction of sp³-hybridized carbons (Fsp3) is 0.812. The van der Waals surface area contributed by atoms with Crippen LogP contribution in [0.3, 0.4) is 0 Å². The van der Waals surface area contributed by atoms with Crippen molar-refractivity contribution >= 4 is 16.5 Å². The van der Waals surface area contributed by atoms with Gasteiger partial charge < -0.3 is 15.0 Å². The Morgan fingerprint density at radius 3 is 2.90 bits per heavy atom. The van der Waals surface area contributed by atoms with Gasteiger partial charge in [0.05, 0.1) is 24.9 Å². The van der Waals surface area contributed by atoms with E-state index < -0.39 is 0 Å². The zero-order chi connectivity index (χ0) is 15.2. The zero-order valence-electron chi connectivity index (χ0n) is 13.8. The number of rotatable bonds is 7. The van der Waals surface area contributed by atoms with E-state index in [0.717, 1.165) is 45.7 Å². The third-order valence-electron chi connectivity index (χ3n) is 3.88. The van der Waals surface area contributed by atoms with Crippen LogP contribution in [0.25, 0.3) is 0 Å². The van der Waals surface area contributed by atoms with Crippen LogP contribution in [0.15, 0.2) is 0 Å². The number of hydrogen-bond donors (Lipinski definition) is 1. The van der Waals surface area contributed by atoms with Crippen LogP contribution >= 0.6 is 11.3 Å². The topological polar surface area (TPSA) is 37.4 Å². The summed E-state index contributed by atoms with van der Waals surface area (Å²) in [5.41, 5.74) is 1.26. The molecule has 1 aliphatic heterocycles. The first-order valence-electron chi connectivity index (χ1n) is 8.19. The summed E-state index contributed by atoms with van der Waals surface area (Å²) in [6, 6.07) is 0.478. The average molecular weight is 311 g/mol. The van der Waals surface area contributed by atoms with Gasteiger partial charge in [0.25, 0.3) is 0 Å². The van der Waals surface area contributed by atoms with Crippen LogP contribution in [-0.4, -0.2) is 37.3 Å². The molecule has 0 saturated carbocycles. The van der Waals surface area contributed by atoms with Crippen molar-refractivity contribution in [1.82, 2.24) is 10.3 Å². The van der Waals surface area contributed by atoms with E-state index in [4.69, 9.17) is 9.72 Å². The first kappa shape index (κ1) is 16.7. The standard InChI is InChI=1S/C16H29N3OS/c1-5-13-11-20-8-7-19(13)16-18-14(6-2)15(21-16)10-17-9-12(3)4/h12-13,17H,5-11H2,1-4H3. The van der Waals surface area contributed by atoms with Gasteiger partial charge in [0.2, 0.25) is 0 Å². The largest absolute Gasteiger partial charge is 0.377 e. The van der Waals surface area contributed by atoms with Crippen molar-refractivity contribution in [3.8, 4) is 0 Å². The number of ether oxygens (including phenoxy) is 1. The maximum atomic E-state index is 5.60. The minimum Gasteiger partial charge on any atom is -0.377 e. The molecule has 1 atom stereocenters. The Morgan fingerprint density at radius 2 is 2.24 bits per heavy atom. The lowest BCUT2D eigenvalue weighted by molar-refractivity contribution is 0.0929. The molecule has 1 aromatic rings. The van der Waals surface area contributed by atoms with E-state index in [0.29, 0.717) is 12.0 Å². The van der Waals surface area contributed by atoms with Gasteiger partial charge in [-0.2, -0.15) is 0 Å². The van der Waals surface area contributed by atoms with Gasteiger partial charge in [0.1, 0.15) is 0 Å². The highest BCUT2D eigenvalue weighted by atomic mass is 32.1. The lowest BCUT2D eigenvalue weighted by atomic mass is 10.2. The molecule has 1 saturated heterocycles. The highest BCUT2D eigenvalue weighted by molar-refractivity contribution is 7.15. The number of morpholine rings is 1. The second-order valence-corrected chi connectivity index (χ2v) is 7.14. The second kappa shape index (κ2) is 8.11. The molecule has 5 heteroatoms. The lowest BCUT2D eigenvalue weighted by Gasteiger charge is -2.34. The minimum absolute atomic E-state index is 0.478. The molecule has 120 valence electrons. The van der Waals surface area contributed by atoms with Crippen molar-refractivity contribution in [2.45, 2.75) is 53.1 Å². The summed E-state index contributed by atoms with van der Waals surface area (Å²) < 4.78 is 5.60. The molecular weight excluding hydrogens is 282 g/mol. The molecule has 0 aliphatic carbocycles. The highest BCUT2D eigenvalue weighted by Crippen LogP contribution is 2.30. The van der Waals surface area contributed by atoms with Crippen LogP contribution in [0.4, 0.5) is 5.13 Å². The van der Waals surface area contributed by atoms with Crippen molar-refractivity contribution in [3.63, 3.8) is 0 Å². The molecular formula is C16H29N3OS. The normalized spacial score (nSPS) is 19.5. The fourth-order valence-electron chi connectivity index (χ4n) is 2.63. The van der Waals surface area contributed by atoms with E-state index in [9.17, 15) is 0 Å². The number of thiazole rings is 1. The number of aromatic nitrogens is 1. The predicted molar refractivity (Wildman–Crippen MR) is 90.3 cm³/mol. The summed E-state index contributed by atoms with van der Waals surface area (Å²) in [5.74, 6) is 0.686. The number of hydrogen-bond acceptors (Lipinski definition) is 5. The minimum atomic E-state index is 0.478. The van der Waals surface area contributed by atoms with Crippen LogP contribution in [0.5, 0.6) is 0 Å². The fourth-order valence-corrected chi connectivity index (χ4v) is 3.84. The maximum Gasteiger partial charge on any atom is 0.186 e.